The van der Waals surface area contributed by atoms with E-state index in [2.05, 4.69) is 5.16 Å². The monoisotopic (exact) mass is 203 g/mol. The summed E-state index contributed by atoms with van der Waals surface area (Å²) in [4.78, 5) is 15.9. The van der Waals surface area contributed by atoms with Gasteiger partial charge in [-0.15, -0.1) is 0 Å². The molecule has 1 aliphatic heterocycles. The summed E-state index contributed by atoms with van der Waals surface area (Å²) in [7, 11) is 0. The molecule has 0 aliphatic carbocycles. The van der Waals surface area contributed by atoms with Crippen LogP contribution in [0.4, 0.5) is 0 Å². The van der Waals surface area contributed by atoms with Gasteiger partial charge in [-0.2, -0.15) is 0 Å². The molecule has 0 amide bonds. The van der Waals surface area contributed by atoms with E-state index in [0.29, 0.717) is 11.5 Å². The van der Waals surface area contributed by atoms with Crippen molar-refractivity contribution >= 4 is 18.3 Å². The van der Waals surface area contributed by atoms with E-state index >= 15 is 0 Å². The van der Waals surface area contributed by atoms with Crippen molar-refractivity contribution in [3.05, 3.63) is 35.6 Å². The maximum atomic E-state index is 10.8. The third-order valence-electron chi connectivity index (χ3n) is 1.81. The summed E-state index contributed by atoms with van der Waals surface area (Å²) in [5.41, 5.74) is 0.825. The van der Waals surface area contributed by atoms with Crippen LogP contribution in [-0.4, -0.2) is 12.2 Å². The lowest BCUT2D eigenvalue weighted by atomic mass is 10.2. The largest absolute Gasteiger partial charge is 0.425 e. The smallest absolute Gasteiger partial charge is 0.308 e. The van der Waals surface area contributed by atoms with Crippen LogP contribution in [0.5, 0.6) is 5.75 Å². The second-order valence-corrected chi connectivity index (χ2v) is 3.00. The molecule has 0 bridgehead atoms. The number of hydrogen-bond donors (Lipinski definition) is 0. The van der Waals surface area contributed by atoms with Crippen molar-refractivity contribution in [1.82, 2.24) is 0 Å². The maximum Gasteiger partial charge on any atom is 0.308 e. The van der Waals surface area contributed by atoms with E-state index in [1.165, 1.54) is 13.1 Å². The molecule has 1 aliphatic rings. The van der Waals surface area contributed by atoms with Crippen LogP contribution in [0.2, 0.25) is 0 Å². The minimum absolute atomic E-state index is 0.368. The molecule has 2 rings (SSSR count). The van der Waals surface area contributed by atoms with Gasteiger partial charge in [0, 0.05) is 12.5 Å². The van der Waals surface area contributed by atoms with Crippen molar-refractivity contribution in [2.45, 2.75) is 6.92 Å². The number of nitrogens with zero attached hydrogens (tertiary/aromatic N) is 1. The van der Waals surface area contributed by atoms with E-state index < -0.39 is 0 Å². The van der Waals surface area contributed by atoms with Gasteiger partial charge in [0.2, 0.25) is 0 Å². The Balaban J connectivity index is 2.35. The Morgan fingerprint density at radius 1 is 1.40 bits per heavy atom. The molecule has 0 aromatic heterocycles. The fourth-order valence-corrected chi connectivity index (χ4v) is 1.23. The van der Waals surface area contributed by atoms with Gasteiger partial charge in [0.05, 0.1) is 0 Å². The second kappa shape index (κ2) is 3.96. The van der Waals surface area contributed by atoms with Crippen LogP contribution in [0.1, 0.15) is 12.5 Å². The third-order valence-corrected chi connectivity index (χ3v) is 1.81. The number of oxime groups is 1. The first kappa shape index (κ1) is 9.45. The van der Waals surface area contributed by atoms with E-state index in [4.69, 9.17) is 9.57 Å². The van der Waals surface area contributed by atoms with Crippen molar-refractivity contribution in [2.24, 2.45) is 5.16 Å². The fourth-order valence-electron chi connectivity index (χ4n) is 1.23. The Labute approximate surface area is 86.8 Å². The molecular formula is C11H9NO3. The number of hydrogen-bond acceptors (Lipinski definition) is 4. The van der Waals surface area contributed by atoms with Gasteiger partial charge in [-0.1, -0.05) is 23.4 Å². The first-order chi connectivity index (χ1) is 7.25. The number of benzene rings is 1. The lowest BCUT2D eigenvalue weighted by Gasteiger charge is -2.00. The van der Waals surface area contributed by atoms with Crippen molar-refractivity contribution in [2.75, 3.05) is 0 Å². The van der Waals surface area contributed by atoms with E-state index in [1.807, 2.05) is 18.2 Å². The standard InChI is InChI=1S/C11H9NO3/c1-8(13)14-10-6-9-4-2-3-5-11(9)15-12-7-10/h2-7H,1H3. The highest BCUT2D eigenvalue weighted by atomic mass is 16.6. The Morgan fingerprint density at radius 3 is 3.00 bits per heavy atom. The van der Waals surface area contributed by atoms with Gasteiger partial charge in [0.15, 0.2) is 11.5 Å². The van der Waals surface area contributed by atoms with Gasteiger partial charge >= 0.3 is 5.97 Å². The molecule has 76 valence electrons. The molecule has 4 nitrogen and oxygen atoms in total. The predicted octanol–water partition coefficient (Wildman–Crippen LogP) is 1.97. The Morgan fingerprint density at radius 2 is 2.20 bits per heavy atom. The molecule has 0 N–H and O–H groups in total. The Bertz CT molecular complexity index is 449. The van der Waals surface area contributed by atoms with Crippen molar-refractivity contribution < 1.29 is 14.4 Å². The summed E-state index contributed by atoms with van der Waals surface area (Å²) < 4.78 is 4.92. The van der Waals surface area contributed by atoms with Gasteiger partial charge in [0.25, 0.3) is 0 Å². The summed E-state index contributed by atoms with van der Waals surface area (Å²) in [6.07, 6.45) is 3.06. The molecule has 0 saturated carbocycles. The fraction of sp³-hybridized carbons (Fsp3) is 0.0909. The average molecular weight is 203 g/mol. The Kier molecular flexibility index (Phi) is 2.49. The molecule has 1 aromatic carbocycles. The zero-order valence-corrected chi connectivity index (χ0v) is 8.14. The topological polar surface area (TPSA) is 47.9 Å². The molecular weight excluding hydrogens is 194 g/mol. The molecule has 1 aromatic rings. The molecule has 4 heteroatoms. The summed E-state index contributed by atoms with van der Waals surface area (Å²) in [6.45, 7) is 1.34. The van der Waals surface area contributed by atoms with E-state index in [9.17, 15) is 4.79 Å². The van der Waals surface area contributed by atoms with Crippen LogP contribution in [0.3, 0.4) is 0 Å². The molecule has 1 heterocycles. The molecule has 0 radical (unpaired) electrons. The van der Waals surface area contributed by atoms with Gasteiger partial charge in [-0.05, 0) is 12.1 Å². The number of carbonyl (C=O) groups is 1. The number of rotatable bonds is 1. The van der Waals surface area contributed by atoms with E-state index in [0.717, 1.165) is 5.56 Å². The Hall–Kier alpha value is -2.10. The highest BCUT2D eigenvalue weighted by Gasteiger charge is 2.08. The summed E-state index contributed by atoms with van der Waals surface area (Å²) in [5, 5.41) is 3.68. The minimum atomic E-state index is -0.382. The van der Waals surface area contributed by atoms with Crippen LogP contribution in [-0.2, 0) is 9.53 Å². The lowest BCUT2D eigenvalue weighted by molar-refractivity contribution is -0.135. The van der Waals surface area contributed by atoms with E-state index in [1.54, 1.807) is 12.1 Å². The summed E-state index contributed by atoms with van der Waals surface area (Å²) >= 11 is 0. The molecule has 0 atom stereocenters. The molecule has 0 unspecified atom stereocenters. The lowest BCUT2D eigenvalue weighted by Crippen LogP contribution is -1.99. The minimum Gasteiger partial charge on any atom is -0.425 e. The quantitative estimate of drug-likeness (QED) is 0.655. The maximum absolute atomic E-state index is 10.8. The highest BCUT2D eigenvalue weighted by Crippen LogP contribution is 2.23. The van der Waals surface area contributed by atoms with Gasteiger partial charge in [-0.25, -0.2) is 0 Å². The van der Waals surface area contributed by atoms with Crippen LogP contribution < -0.4 is 4.84 Å². The SMILES string of the molecule is CC(=O)OC1=Cc2ccccc2ON=C1. The van der Waals surface area contributed by atoms with Crippen molar-refractivity contribution in [1.29, 1.82) is 0 Å². The van der Waals surface area contributed by atoms with Crippen LogP contribution in [0, 0.1) is 0 Å². The normalized spacial score (nSPS) is 13.3. The molecule has 0 spiro atoms. The summed E-state index contributed by atoms with van der Waals surface area (Å²) in [6, 6.07) is 7.36. The highest BCUT2D eigenvalue weighted by molar-refractivity contribution is 5.87. The number of carbonyl (C=O) groups excluding carboxylic acids is 1. The first-order valence-electron chi connectivity index (χ1n) is 4.45. The molecule has 0 fully saturated rings. The predicted molar refractivity (Wildman–Crippen MR) is 55.3 cm³/mol. The van der Waals surface area contributed by atoms with Crippen LogP contribution >= 0.6 is 0 Å². The van der Waals surface area contributed by atoms with Crippen LogP contribution in [0.25, 0.3) is 6.08 Å². The van der Waals surface area contributed by atoms with Crippen molar-refractivity contribution in [3.8, 4) is 5.75 Å². The zero-order valence-electron chi connectivity index (χ0n) is 8.14. The van der Waals surface area contributed by atoms with Crippen LogP contribution in [0.15, 0.2) is 35.2 Å². The van der Waals surface area contributed by atoms with Crippen molar-refractivity contribution in [3.63, 3.8) is 0 Å². The number of ether oxygens (including phenoxy) is 1. The number of allylic oxidation sites excluding steroid dienone is 1. The van der Waals surface area contributed by atoms with Gasteiger partial charge in [-0.3, -0.25) is 4.79 Å². The van der Waals surface area contributed by atoms with Gasteiger partial charge in [0.1, 0.15) is 6.21 Å². The first-order valence-corrected chi connectivity index (χ1v) is 4.45. The van der Waals surface area contributed by atoms with E-state index in [-0.39, 0.29) is 5.97 Å². The molecule has 0 saturated heterocycles. The number of para-hydroxylation sites is 1. The number of esters is 1. The average Bonchev–Trinajstić information content (AvgIpc) is 2.38. The third kappa shape index (κ3) is 2.22. The van der Waals surface area contributed by atoms with Gasteiger partial charge < -0.3 is 9.57 Å². The second-order valence-electron chi connectivity index (χ2n) is 3.00. The number of fused-ring (bicyclic) bond motifs is 1. The zero-order chi connectivity index (χ0) is 10.7. The summed E-state index contributed by atoms with van der Waals surface area (Å²) in [5.74, 6) is 0.621. The molecule has 15 heavy (non-hydrogen) atoms.